The summed E-state index contributed by atoms with van der Waals surface area (Å²) in [5.74, 6) is 0.670. The second-order valence-corrected chi connectivity index (χ2v) is 6.44. The van der Waals surface area contributed by atoms with E-state index in [2.05, 4.69) is 63.4 Å². The van der Waals surface area contributed by atoms with Gasteiger partial charge in [-0.05, 0) is 23.4 Å². The number of aromatic amines is 1. The molecular formula is C17H17N3S. The van der Waals surface area contributed by atoms with Crippen LogP contribution in [0.3, 0.4) is 0 Å². The Kier molecular flexibility index (Phi) is 3.33. The molecule has 2 unspecified atom stereocenters. The van der Waals surface area contributed by atoms with E-state index in [0.717, 1.165) is 12.2 Å². The molecule has 1 aliphatic rings. The highest BCUT2D eigenvalue weighted by Crippen LogP contribution is 2.40. The number of hydrogen-bond donors (Lipinski definition) is 2. The molecule has 2 N–H and O–H groups in total. The molecule has 1 aliphatic carbocycles. The topological polar surface area (TPSA) is 40.7 Å². The minimum atomic E-state index is 0.596. The minimum absolute atomic E-state index is 0.596. The number of aromatic nitrogens is 2. The first kappa shape index (κ1) is 12.8. The first-order chi connectivity index (χ1) is 10.4. The van der Waals surface area contributed by atoms with Crippen LogP contribution in [-0.2, 0) is 6.54 Å². The molecule has 1 saturated carbocycles. The summed E-state index contributed by atoms with van der Waals surface area (Å²) in [5, 5.41) is 13.1. The molecule has 21 heavy (non-hydrogen) atoms. The highest BCUT2D eigenvalue weighted by atomic mass is 32.1. The molecule has 0 amide bonds. The minimum Gasteiger partial charge on any atom is -0.309 e. The summed E-state index contributed by atoms with van der Waals surface area (Å²) >= 11 is 1.74. The summed E-state index contributed by atoms with van der Waals surface area (Å²) in [7, 11) is 0. The monoisotopic (exact) mass is 295 g/mol. The van der Waals surface area contributed by atoms with Crippen molar-refractivity contribution in [3.63, 3.8) is 0 Å². The van der Waals surface area contributed by atoms with Gasteiger partial charge in [0.2, 0.25) is 0 Å². The second-order valence-electron chi connectivity index (χ2n) is 5.49. The number of rotatable bonds is 5. The molecule has 0 radical (unpaired) electrons. The van der Waals surface area contributed by atoms with Crippen LogP contribution in [0.4, 0.5) is 0 Å². The highest BCUT2D eigenvalue weighted by molar-refractivity contribution is 7.13. The van der Waals surface area contributed by atoms with Crippen molar-refractivity contribution in [1.82, 2.24) is 15.5 Å². The molecule has 0 bridgehead atoms. The van der Waals surface area contributed by atoms with Crippen LogP contribution in [0, 0.1) is 0 Å². The lowest BCUT2D eigenvalue weighted by Gasteiger charge is -2.04. The quantitative estimate of drug-likeness (QED) is 0.752. The van der Waals surface area contributed by atoms with Crippen molar-refractivity contribution in [2.75, 3.05) is 0 Å². The predicted molar refractivity (Wildman–Crippen MR) is 86.3 cm³/mol. The van der Waals surface area contributed by atoms with E-state index in [-0.39, 0.29) is 0 Å². The van der Waals surface area contributed by atoms with Gasteiger partial charge in [-0.2, -0.15) is 5.10 Å². The number of H-pyrrole nitrogens is 1. The van der Waals surface area contributed by atoms with Gasteiger partial charge in [-0.3, -0.25) is 5.10 Å². The summed E-state index contributed by atoms with van der Waals surface area (Å²) in [5.41, 5.74) is 3.84. The summed E-state index contributed by atoms with van der Waals surface area (Å²) in [4.78, 5) is 1.25. The molecule has 106 valence electrons. The molecule has 2 heterocycles. The van der Waals surface area contributed by atoms with E-state index in [1.807, 2.05) is 6.20 Å². The molecule has 1 fully saturated rings. The first-order valence-corrected chi connectivity index (χ1v) is 8.14. The number of nitrogens with one attached hydrogen (secondary N) is 2. The number of nitrogens with zero attached hydrogens (tertiary/aromatic N) is 1. The van der Waals surface area contributed by atoms with E-state index in [1.54, 1.807) is 11.3 Å². The Morgan fingerprint density at radius 1 is 1.19 bits per heavy atom. The van der Waals surface area contributed by atoms with E-state index < -0.39 is 0 Å². The number of thiophene rings is 1. The van der Waals surface area contributed by atoms with Crippen LogP contribution in [0.15, 0.2) is 54.0 Å². The number of hydrogen-bond acceptors (Lipinski definition) is 3. The molecule has 2 aromatic heterocycles. The molecule has 4 heteroatoms. The Labute approximate surface area is 128 Å². The third-order valence-corrected chi connectivity index (χ3v) is 4.95. The van der Waals surface area contributed by atoms with E-state index in [0.29, 0.717) is 12.0 Å². The van der Waals surface area contributed by atoms with Gasteiger partial charge in [0.1, 0.15) is 0 Å². The van der Waals surface area contributed by atoms with Crippen LogP contribution in [0.1, 0.15) is 23.5 Å². The van der Waals surface area contributed by atoms with Crippen LogP contribution in [0.5, 0.6) is 0 Å². The third-order valence-electron chi connectivity index (χ3n) is 4.06. The average molecular weight is 295 g/mol. The van der Waals surface area contributed by atoms with Gasteiger partial charge in [-0.15, -0.1) is 11.3 Å². The van der Waals surface area contributed by atoms with Crippen LogP contribution in [-0.4, -0.2) is 16.2 Å². The lowest BCUT2D eigenvalue weighted by molar-refractivity contribution is 0.674. The molecule has 0 saturated heterocycles. The standard InChI is InChI=1S/C17H17N3S/c1-2-5-12(6-3-1)14-9-15(14)18-10-13-11-19-20-17(13)16-7-4-8-21-16/h1-8,11,14-15,18H,9-10H2,(H,19,20). The summed E-state index contributed by atoms with van der Waals surface area (Å²) < 4.78 is 0. The van der Waals surface area contributed by atoms with Crippen molar-refractivity contribution in [2.45, 2.75) is 24.9 Å². The average Bonchev–Trinajstić information content (AvgIpc) is 2.93. The van der Waals surface area contributed by atoms with E-state index in [9.17, 15) is 0 Å². The SMILES string of the molecule is c1ccc(C2CC2NCc2cn[nH]c2-c2cccs2)cc1. The van der Waals surface area contributed by atoms with Crippen molar-refractivity contribution >= 4 is 11.3 Å². The third kappa shape index (κ3) is 2.64. The van der Waals surface area contributed by atoms with Gasteiger partial charge in [0.25, 0.3) is 0 Å². The predicted octanol–water partition coefficient (Wildman–Crippen LogP) is 3.78. The molecule has 0 spiro atoms. The highest BCUT2D eigenvalue weighted by Gasteiger charge is 2.37. The lowest BCUT2D eigenvalue weighted by Crippen LogP contribution is -2.17. The largest absolute Gasteiger partial charge is 0.309 e. The molecule has 2 atom stereocenters. The molecule has 0 aliphatic heterocycles. The maximum Gasteiger partial charge on any atom is 0.0794 e. The zero-order valence-corrected chi connectivity index (χ0v) is 12.4. The van der Waals surface area contributed by atoms with Crippen molar-refractivity contribution in [1.29, 1.82) is 0 Å². The maximum atomic E-state index is 4.20. The zero-order chi connectivity index (χ0) is 14.1. The van der Waals surface area contributed by atoms with Gasteiger partial charge in [0, 0.05) is 24.1 Å². The zero-order valence-electron chi connectivity index (χ0n) is 11.6. The Balaban J connectivity index is 1.40. The molecule has 3 nitrogen and oxygen atoms in total. The molecule has 4 rings (SSSR count). The van der Waals surface area contributed by atoms with Crippen LogP contribution >= 0.6 is 11.3 Å². The van der Waals surface area contributed by atoms with Gasteiger partial charge < -0.3 is 5.32 Å². The van der Waals surface area contributed by atoms with Crippen molar-refractivity contribution in [3.8, 4) is 10.6 Å². The Hall–Kier alpha value is -1.91. The van der Waals surface area contributed by atoms with Crippen molar-refractivity contribution < 1.29 is 0 Å². The van der Waals surface area contributed by atoms with Gasteiger partial charge in [-0.25, -0.2) is 0 Å². The smallest absolute Gasteiger partial charge is 0.0794 e. The Morgan fingerprint density at radius 2 is 2.10 bits per heavy atom. The van der Waals surface area contributed by atoms with Gasteiger partial charge in [-0.1, -0.05) is 36.4 Å². The van der Waals surface area contributed by atoms with Gasteiger partial charge in [0.15, 0.2) is 0 Å². The molecule has 1 aromatic carbocycles. The summed E-state index contributed by atoms with van der Waals surface area (Å²) in [6, 6.07) is 15.6. The Bertz CT molecular complexity index is 703. The normalized spacial score (nSPS) is 20.6. The van der Waals surface area contributed by atoms with Crippen LogP contribution in [0.2, 0.25) is 0 Å². The van der Waals surface area contributed by atoms with E-state index in [1.165, 1.54) is 22.4 Å². The van der Waals surface area contributed by atoms with Crippen molar-refractivity contribution in [2.24, 2.45) is 0 Å². The first-order valence-electron chi connectivity index (χ1n) is 7.26. The number of benzene rings is 1. The van der Waals surface area contributed by atoms with Gasteiger partial charge in [0.05, 0.1) is 16.8 Å². The van der Waals surface area contributed by atoms with Crippen molar-refractivity contribution in [3.05, 3.63) is 65.2 Å². The van der Waals surface area contributed by atoms with Gasteiger partial charge >= 0.3 is 0 Å². The molecule has 3 aromatic rings. The van der Waals surface area contributed by atoms with Crippen LogP contribution in [0.25, 0.3) is 10.6 Å². The summed E-state index contributed by atoms with van der Waals surface area (Å²) in [6.07, 6.45) is 3.16. The maximum absolute atomic E-state index is 4.20. The molecular weight excluding hydrogens is 278 g/mol. The summed E-state index contributed by atoms with van der Waals surface area (Å²) in [6.45, 7) is 0.873. The van der Waals surface area contributed by atoms with E-state index >= 15 is 0 Å². The second kappa shape index (κ2) is 5.47. The Morgan fingerprint density at radius 3 is 2.90 bits per heavy atom. The fraction of sp³-hybridized carbons (Fsp3) is 0.235. The van der Waals surface area contributed by atoms with E-state index in [4.69, 9.17) is 0 Å². The lowest BCUT2D eigenvalue weighted by atomic mass is 10.1. The van der Waals surface area contributed by atoms with Crippen LogP contribution < -0.4 is 5.32 Å². The fourth-order valence-corrected chi connectivity index (χ4v) is 3.57. The fourth-order valence-electron chi connectivity index (χ4n) is 2.81.